The Balaban J connectivity index is 1.93. The number of hydrogen-bond donors (Lipinski definition) is 2. The smallest absolute Gasteiger partial charge is 0.303 e. The van der Waals surface area contributed by atoms with Crippen LogP contribution in [0.3, 0.4) is 0 Å². The summed E-state index contributed by atoms with van der Waals surface area (Å²) in [5.74, 6) is -7.15. The van der Waals surface area contributed by atoms with Crippen molar-refractivity contribution in [2.24, 2.45) is 17.8 Å². The van der Waals surface area contributed by atoms with Crippen molar-refractivity contribution in [2.45, 2.75) is 102 Å². The molecule has 28 heavy (non-hydrogen) atoms. The normalized spacial score (nSPS) is 33.1. The second-order valence-corrected chi connectivity index (χ2v) is 8.63. The van der Waals surface area contributed by atoms with Crippen molar-refractivity contribution < 1.29 is 33.3 Å². The van der Waals surface area contributed by atoms with Crippen molar-refractivity contribution in [3.8, 4) is 0 Å². The predicted molar refractivity (Wildman–Crippen MR) is 100 cm³/mol. The molecular weight excluding hydrogens is 370 g/mol. The molecule has 0 radical (unpaired) electrons. The van der Waals surface area contributed by atoms with E-state index in [1.54, 1.807) is 0 Å². The van der Waals surface area contributed by atoms with Crippen molar-refractivity contribution in [3.63, 3.8) is 0 Å². The Hall–Kier alpha value is -1.08. The summed E-state index contributed by atoms with van der Waals surface area (Å²) in [5.41, 5.74) is 0. The van der Waals surface area contributed by atoms with Crippen LogP contribution in [0, 0.1) is 17.8 Å². The Morgan fingerprint density at radius 2 is 1.93 bits per heavy atom. The molecule has 1 saturated heterocycles. The van der Waals surface area contributed by atoms with Gasteiger partial charge in [0.15, 0.2) is 0 Å². The highest BCUT2D eigenvalue weighted by Gasteiger charge is 2.61. The SMILES string of the molecule is CCCCC(F)(F)[C@@]1(O)CC(C)[C@H]2[C@@H](CC(=O)[C@@H]2CCCCCCC(=O)O)O1. The van der Waals surface area contributed by atoms with Gasteiger partial charge in [-0.15, -0.1) is 0 Å². The number of ether oxygens (including phenoxy) is 1. The molecule has 2 aliphatic rings. The van der Waals surface area contributed by atoms with Gasteiger partial charge in [-0.2, -0.15) is 0 Å². The maximum absolute atomic E-state index is 14.6. The van der Waals surface area contributed by atoms with Crippen LogP contribution in [0.15, 0.2) is 0 Å². The number of carbonyl (C=O) groups excluding carboxylic acids is 1. The van der Waals surface area contributed by atoms with Gasteiger partial charge in [0.05, 0.1) is 6.10 Å². The van der Waals surface area contributed by atoms with Gasteiger partial charge in [0.25, 0.3) is 0 Å². The molecule has 0 aromatic rings. The number of halogens is 2. The molecule has 1 aliphatic heterocycles. The minimum atomic E-state index is -3.33. The fourth-order valence-corrected chi connectivity index (χ4v) is 4.89. The predicted octanol–water partition coefficient (Wildman–Crippen LogP) is 4.56. The quantitative estimate of drug-likeness (QED) is 0.493. The molecule has 0 bridgehead atoms. The third-order valence-electron chi connectivity index (χ3n) is 6.38. The molecule has 5 nitrogen and oxygen atoms in total. The highest BCUT2D eigenvalue weighted by atomic mass is 19.3. The first kappa shape index (κ1) is 23.2. The van der Waals surface area contributed by atoms with Crippen molar-refractivity contribution in [2.75, 3.05) is 0 Å². The van der Waals surface area contributed by atoms with E-state index in [1.807, 2.05) is 13.8 Å². The van der Waals surface area contributed by atoms with Crippen LogP contribution in [-0.2, 0) is 14.3 Å². The number of alkyl halides is 2. The van der Waals surface area contributed by atoms with Crippen LogP contribution < -0.4 is 0 Å². The number of aliphatic hydroxyl groups is 1. The number of carbonyl (C=O) groups is 2. The lowest BCUT2D eigenvalue weighted by atomic mass is 9.74. The van der Waals surface area contributed by atoms with Crippen molar-refractivity contribution in [1.29, 1.82) is 0 Å². The maximum atomic E-state index is 14.6. The van der Waals surface area contributed by atoms with E-state index in [9.17, 15) is 23.5 Å². The number of aliphatic carboxylic acids is 1. The fraction of sp³-hybridized carbons (Fsp3) is 0.905. The van der Waals surface area contributed by atoms with Gasteiger partial charge in [-0.1, -0.05) is 39.5 Å². The number of carboxylic acid groups (broad SMARTS) is 1. The van der Waals surface area contributed by atoms with Crippen molar-refractivity contribution in [3.05, 3.63) is 0 Å². The Morgan fingerprint density at radius 1 is 1.25 bits per heavy atom. The van der Waals surface area contributed by atoms with Crippen LogP contribution in [0.2, 0.25) is 0 Å². The zero-order valence-electron chi connectivity index (χ0n) is 17.0. The number of rotatable bonds is 11. The molecule has 2 N–H and O–H groups in total. The van der Waals surface area contributed by atoms with E-state index in [1.165, 1.54) is 0 Å². The molecule has 1 saturated carbocycles. The number of carboxylic acids is 1. The summed E-state index contributed by atoms with van der Waals surface area (Å²) in [6.45, 7) is 3.65. The third kappa shape index (κ3) is 5.29. The Bertz CT molecular complexity index is 553. The lowest BCUT2D eigenvalue weighted by Gasteiger charge is -2.47. The maximum Gasteiger partial charge on any atom is 0.303 e. The van der Waals surface area contributed by atoms with E-state index in [0.29, 0.717) is 25.7 Å². The molecule has 0 aromatic carbocycles. The van der Waals surface area contributed by atoms with Crippen molar-refractivity contribution in [1.82, 2.24) is 0 Å². The molecule has 1 heterocycles. The highest BCUT2D eigenvalue weighted by Crippen LogP contribution is 2.51. The fourth-order valence-electron chi connectivity index (χ4n) is 4.89. The lowest BCUT2D eigenvalue weighted by Crippen LogP contribution is -2.58. The van der Waals surface area contributed by atoms with Gasteiger partial charge in [-0.3, -0.25) is 9.59 Å². The van der Waals surface area contributed by atoms with Crippen LogP contribution >= 0.6 is 0 Å². The van der Waals surface area contributed by atoms with Gasteiger partial charge < -0.3 is 14.9 Å². The Morgan fingerprint density at radius 3 is 2.57 bits per heavy atom. The van der Waals surface area contributed by atoms with E-state index in [2.05, 4.69) is 0 Å². The van der Waals surface area contributed by atoms with Gasteiger partial charge in [-0.25, -0.2) is 8.78 Å². The largest absolute Gasteiger partial charge is 0.481 e. The van der Waals surface area contributed by atoms with E-state index in [-0.39, 0.29) is 42.8 Å². The van der Waals surface area contributed by atoms with Crippen molar-refractivity contribution >= 4 is 11.8 Å². The topological polar surface area (TPSA) is 83.8 Å². The molecular formula is C21H34F2O5. The average molecular weight is 404 g/mol. The van der Waals surface area contributed by atoms with Gasteiger partial charge >= 0.3 is 11.9 Å². The zero-order chi connectivity index (χ0) is 20.9. The molecule has 0 aromatic heterocycles. The third-order valence-corrected chi connectivity index (χ3v) is 6.38. The van der Waals surface area contributed by atoms with E-state index in [0.717, 1.165) is 19.3 Å². The minimum absolute atomic E-state index is 0.0357. The van der Waals surface area contributed by atoms with Gasteiger partial charge in [0.2, 0.25) is 5.79 Å². The van der Waals surface area contributed by atoms with Gasteiger partial charge in [0.1, 0.15) is 5.78 Å². The first-order valence-electron chi connectivity index (χ1n) is 10.6. The molecule has 0 spiro atoms. The molecule has 5 atom stereocenters. The Kier molecular flexibility index (Phi) is 7.97. The van der Waals surface area contributed by atoms with Gasteiger partial charge in [-0.05, 0) is 31.1 Å². The second kappa shape index (κ2) is 9.61. The molecule has 162 valence electrons. The van der Waals surface area contributed by atoms with Crippen LogP contribution in [0.5, 0.6) is 0 Å². The van der Waals surface area contributed by atoms with Crippen LogP contribution in [-0.4, -0.2) is 39.8 Å². The number of unbranched alkanes of at least 4 members (excludes halogenated alkanes) is 4. The van der Waals surface area contributed by atoms with Crippen LogP contribution in [0.1, 0.15) is 84.5 Å². The Labute approximate surface area is 165 Å². The summed E-state index contributed by atoms with van der Waals surface area (Å²) < 4.78 is 34.7. The van der Waals surface area contributed by atoms with Gasteiger partial charge in [0, 0.05) is 31.6 Å². The molecule has 2 rings (SSSR count). The van der Waals surface area contributed by atoms with E-state index < -0.39 is 30.2 Å². The first-order valence-corrected chi connectivity index (χ1v) is 10.6. The summed E-state index contributed by atoms with van der Waals surface area (Å²) in [5, 5.41) is 19.3. The van der Waals surface area contributed by atoms with E-state index in [4.69, 9.17) is 9.84 Å². The number of ketones is 1. The first-order chi connectivity index (χ1) is 13.1. The van der Waals surface area contributed by atoms with Crippen LogP contribution in [0.25, 0.3) is 0 Å². The average Bonchev–Trinajstić information content (AvgIpc) is 2.91. The summed E-state index contributed by atoms with van der Waals surface area (Å²) in [6, 6.07) is 0. The summed E-state index contributed by atoms with van der Waals surface area (Å²) >= 11 is 0. The summed E-state index contributed by atoms with van der Waals surface area (Å²) in [4.78, 5) is 23.0. The van der Waals surface area contributed by atoms with E-state index >= 15 is 0 Å². The minimum Gasteiger partial charge on any atom is -0.481 e. The van der Waals surface area contributed by atoms with Crippen LogP contribution in [0.4, 0.5) is 8.78 Å². The summed E-state index contributed by atoms with van der Waals surface area (Å²) in [6.07, 6.45) is 3.70. The highest BCUT2D eigenvalue weighted by molar-refractivity contribution is 5.84. The molecule has 7 heteroatoms. The zero-order valence-corrected chi connectivity index (χ0v) is 17.0. The number of Topliss-reactive ketones (excluding diaryl/α,β-unsaturated/α-hetero) is 1. The number of fused-ring (bicyclic) bond motifs is 1. The number of hydrogen-bond acceptors (Lipinski definition) is 4. The monoisotopic (exact) mass is 404 g/mol. The summed E-state index contributed by atoms with van der Waals surface area (Å²) in [7, 11) is 0. The second-order valence-electron chi connectivity index (χ2n) is 8.63. The molecule has 0 amide bonds. The standard InChI is InChI=1S/C21H34F2O5/c1-3-4-11-20(22,23)21(27)13-14(2)19-15(16(24)12-17(19)28-21)9-7-5-6-8-10-18(25)26/h14-15,17,19,27H,3-13H2,1-2H3,(H,25,26)/t14?,15-,17+,19+,21+/m0/s1. The molecule has 1 aliphatic carbocycles. The molecule has 1 unspecified atom stereocenters. The lowest BCUT2D eigenvalue weighted by molar-refractivity contribution is -0.364. The molecule has 2 fully saturated rings.